The van der Waals surface area contributed by atoms with Gasteiger partial charge in [0.2, 0.25) is 17.0 Å². The molecule has 3 aromatic rings. The highest BCUT2D eigenvalue weighted by atomic mass is 32.2. The molecule has 0 bridgehead atoms. The predicted octanol–water partition coefficient (Wildman–Crippen LogP) is 3.19. The van der Waals surface area contributed by atoms with Crippen LogP contribution < -0.4 is 11.1 Å². The Balaban J connectivity index is 1.70. The van der Waals surface area contributed by atoms with E-state index in [2.05, 4.69) is 15.4 Å². The van der Waals surface area contributed by atoms with Crippen LogP contribution in [0.15, 0.2) is 65.0 Å². The van der Waals surface area contributed by atoms with Crippen LogP contribution in [0, 0.1) is 5.82 Å². The van der Waals surface area contributed by atoms with Crippen molar-refractivity contribution in [2.45, 2.75) is 23.9 Å². The molecule has 9 heteroatoms. The highest BCUT2D eigenvalue weighted by molar-refractivity contribution is 7.98. The number of carbonyl (C=O) groups excluding carboxylic acids is 1. The maximum atomic E-state index is 13.9. The number of hydrogen-bond acceptors (Lipinski definition) is 6. The van der Waals surface area contributed by atoms with E-state index in [9.17, 15) is 14.3 Å². The average Bonchev–Trinajstić information content (AvgIpc) is 3.08. The predicted molar refractivity (Wildman–Crippen MR) is 108 cm³/mol. The Morgan fingerprint density at radius 1 is 1.31 bits per heavy atom. The number of allylic oxidation sites excluding steroid dienone is 1. The number of nitrogens with one attached hydrogen (secondary N) is 1. The second-order valence-corrected chi connectivity index (χ2v) is 7.51. The normalized spacial score (nSPS) is 15.7. The molecule has 4 rings (SSSR count). The van der Waals surface area contributed by atoms with E-state index in [1.165, 1.54) is 17.8 Å². The maximum Gasteiger partial charge on any atom is 0.248 e. The fourth-order valence-electron chi connectivity index (χ4n) is 3.27. The van der Waals surface area contributed by atoms with Crippen LogP contribution in [0.2, 0.25) is 0 Å². The molecule has 29 heavy (non-hydrogen) atoms. The third-order valence-corrected chi connectivity index (χ3v) is 5.49. The highest BCUT2D eigenvalue weighted by Crippen LogP contribution is 2.37. The minimum Gasteiger partial charge on any atom is -0.508 e. The number of hydrogen-bond donors (Lipinski definition) is 3. The fourth-order valence-corrected chi connectivity index (χ4v) is 4.09. The number of halogens is 1. The zero-order valence-corrected chi connectivity index (χ0v) is 16.3. The van der Waals surface area contributed by atoms with Crippen molar-refractivity contribution in [2.24, 2.45) is 5.73 Å². The van der Waals surface area contributed by atoms with Gasteiger partial charge < -0.3 is 16.2 Å². The Hall–Kier alpha value is -3.33. The van der Waals surface area contributed by atoms with Gasteiger partial charge in [0.15, 0.2) is 0 Å². The van der Waals surface area contributed by atoms with E-state index in [0.717, 1.165) is 0 Å². The monoisotopic (exact) mass is 411 g/mol. The van der Waals surface area contributed by atoms with Gasteiger partial charge in [-0.3, -0.25) is 4.79 Å². The highest BCUT2D eigenvalue weighted by Gasteiger charge is 2.33. The summed E-state index contributed by atoms with van der Waals surface area (Å²) in [4.78, 5) is 16.6. The topological polar surface area (TPSA) is 106 Å². The van der Waals surface area contributed by atoms with Crippen LogP contribution in [-0.4, -0.2) is 25.8 Å². The molecule has 7 nitrogen and oxygen atoms in total. The summed E-state index contributed by atoms with van der Waals surface area (Å²) < 4.78 is 15.4. The van der Waals surface area contributed by atoms with Gasteiger partial charge in [0.1, 0.15) is 17.6 Å². The summed E-state index contributed by atoms with van der Waals surface area (Å²) in [5, 5.41) is 17.9. The number of nitrogens with zero attached hydrogens (tertiary/aromatic N) is 3. The molecule has 2 aromatic carbocycles. The standard InChI is InChI=1S/C20H18FN5O2S/c1-11-16(18(22)28)17(12-6-4-7-14(27)9-12)26-19(23-11)24-20(25-26)29-10-13-5-2-3-8-15(13)21/h2-9,17,27H,10H2,1H3,(H2,22,28)(H,23,24,25). The van der Waals surface area contributed by atoms with E-state index in [4.69, 9.17) is 5.73 Å². The van der Waals surface area contributed by atoms with Crippen molar-refractivity contribution in [3.05, 3.63) is 76.7 Å². The lowest BCUT2D eigenvalue weighted by atomic mass is 9.95. The number of nitrogens with two attached hydrogens (primary N) is 1. The van der Waals surface area contributed by atoms with Crippen molar-refractivity contribution < 1.29 is 14.3 Å². The molecule has 148 valence electrons. The molecule has 0 saturated heterocycles. The van der Waals surface area contributed by atoms with E-state index in [1.54, 1.807) is 54.1 Å². The zero-order chi connectivity index (χ0) is 20.5. The molecule has 1 aliphatic rings. The molecule has 1 unspecified atom stereocenters. The molecule has 1 aliphatic heterocycles. The first-order valence-electron chi connectivity index (χ1n) is 8.83. The first kappa shape index (κ1) is 19.0. The summed E-state index contributed by atoms with van der Waals surface area (Å²) in [5.41, 5.74) is 7.73. The molecule has 1 aromatic heterocycles. The smallest absolute Gasteiger partial charge is 0.248 e. The number of aromatic nitrogens is 3. The number of carbonyl (C=O) groups is 1. The van der Waals surface area contributed by atoms with E-state index < -0.39 is 11.9 Å². The Kier molecular flexibility index (Phi) is 4.98. The molecule has 1 amide bonds. The Labute approximate surface area is 170 Å². The number of anilines is 1. The van der Waals surface area contributed by atoms with Gasteiger partial charge in [0, 0.05) is 11.4 Å². The summed E-state index contributed by atoms with van der Waals surface area (Å²) in [6, 6.07) is 12.5. The van der Waals surface area contributed by atoms with Gasteiger partial charge in [-0.1, -0.05) is 42.1 Å². The number of thioether (sulfide) groups is 1. The van der Waals surface area contributed by atoms with Crippen molar-refractivity contribution in [3.8, 4) is 5.75 Å². The Morgan fingerprint density at radius 2 is 2.10 bits per heavy atom. The number of aromatic hydroxyl groups is 1. The van der Waals surface area contributed by atoms with Gasteiger partial charge in [-0.15, -0.1) is 5.10 Å². The van der Waals surface area contributed by atoms with Crippen molar-refractivity contribution in [1.29, 1.82) is 0 Å². The number of benzene rings is 2. The largest absolute Gasteiger partial charge is 0.508 e. The average molecular weight is 411 g/mol. The first-order chi connectivity index (χ1) is 13.9. The maximum absolute atomic E-state index is 13.9. The van der Waals surface area contributed by atoms with Crippen molar-refractivity contribution >= 4 is 23.6 Å². The van der Waals surface area contributed by atoms with Crippen LogP contribution in [0.5, 0.6) is 5.75 Å². The van der Waals surface area contributed by atoms with Gasteiger partial charge in [0.25, 0.3) is 0 Å². The number of primary amides is 1. The molecule has 0 spiro atoms. The van der Waals surface area contributed by atoms with Crippen LogP contribution in [0.25, 0.3) is 0 Å². The summed E-state index contributed by atoms with van der Waals surface area (Å²) in [6.45, 7) is 1.74. The lowest BCUT2D eigenvalue weighted by Crippen LogP contribution is -2.31. The van der Waals surface area contributed by atoms with Crippen molar-refractivity contribution in [2.75, 3.05) is 5.32 Å². The second-order valence-electron chi connectivity index (χ2n) is 6.57. The lowest BCUT2D eigenvalue weighted by Gasteiger charge is -2.27. The van der Waals surface area contributed by atoms with Crippen LogP contribution >= 0.6 is 11.8 Å². The van der Waals surface area contributed by atoms with E-state index in [1.807, 2.05) is 0 Å². The van der Waals surface area contributed by atoms with Crippen LogP contribution in [-0.2, 0) is 10.5 Å². The minimum absolute atomic E-state index is 0.0679. The SMILES string of the molecule is CC1=C(C(N)=O)C(c2cccc(O)c2)n2nc(SCc3ccccc3F)nc2N1. The summed E-state index contributed by atoms with van der Waals surface area (Å²) >= 11 is 1.29. The molecule has 1 atom stereocenters. The first-order valence-corrected chi connectivity index (χ1v) is 9.82. The Morgan fingerprint density at radius 3 is 2.83 bits per heavy atom. The van der Waals surface area contributed by atoms with Crippen LogP contribution in [0.4, 0.5) is 10.3 Å². The molecule has 0 fully saturated rings. The number of fused-ring (bicyclic) bond motifs is 1. The van der Waals surface area contributed by atoms with E-state index in [0.29, 0.717) is 39.3 Å². The zero-order valence-electron chi connectivity index (χ0n) is 15.5. The molecule has 0 aliphatic carbocycles. The molecule has 2 heterocycles. The van der Waals surface area contributed by atoms with Crippen LogP contribution in [0.1, 0.15) is 24.1 Å². The molecular weight excluding hydrogens is 393 g/mol. The van der Waals surface area contributed by atoms with Gasteiger partial charge in [-0.05, 0) is 36.2 Å². The number of phenols is 1. The number of phenolic OH excluding ortho intramolecular Hbond substituents is 1. The molecule has 0 saturated carbocycles. The van der Waals surface area contributed by atoms with Crippen molar-refractivity contribution in [3.63, 3.8) is 0 Å². The number of amides is 1. The minimum atomic E-state index is -0.633. The quantitative estimate of drug-likeness (QED) is 0.557. The van der Waals surface area contributed by atoms with Gasteiger partial charge in [-0.25, -0.2) is 9.07 Å². The number of rotatable bonds is 5. The Bertz CT molecular complexity index is 1130. The van der Waals surface area contributed by atoms with Gasteiger partial charge in [-0.2, -0.15) is 4.98 Å². The third-order valence-electron chi connectivity index (χ3n) is 4.60. The van der Waals surface area contributed by atoms with E-state index >= 15 is 0 Å². The summed E-state index contributed by atoms with van der Waals surface area (Å²) in [7, 11) is 0. The fraction of sp³-hybridized carbons (Fsp3) is 0.150. The van der Waals surface area contributed by atoms with Gasteiger partial charge >= 0.3 is 0 Å². The second kappa shape index (κ2) is 7.59. The summed E-state index contributed by atoms with van der Waals surface area (Å²) in [6.07, 6.45) is 0. The molecule has 0 radical (unpaired) electrons. The van der Waals surface area contributed by atoms with Crippen LogP contribution in [0.3, 0.4) is 0 Å². The molecular formula is C20H18FN5O2S. The summed E-state index contributed by atoms with van der Waals surface area (Å²) in [5.74, 6) is -0.00402. The van der Waals surface area contributed by atoms with Crippen molar-refractivity contribution in [1.82, 2.24) is 14.8 Å². The van der Waals surface area contributed by atoms with E-state index in [-0.39, 0.29) is 11.6 Å². The third kappa shape index (κ3) is 3.68. The lowest BCUT2D eigenvalue weighted by molar-refractivity contribution is -0.115. The molecule has 4 N–H and O–H groups in total. The van der Waals surface area contributed by atoms with Gasteiger partial charge in [0.05, 0.1) is 5.57 Å².